The van der Waals surface area contributed by atoms with E-state index >= 15 is 0 Å². The average Bonchev–Trinajstić information content (AvgIpc) is 2.67. The maximum atomic E-state index is 13.2. The summed E-state index contributed by atoms with van der Waals surface area (Å²) >= 11 is 0. The maximum Gasteiger partial charge on any atom is 0.264 e. The maximum absolute atomic E-state index is 13.2. The molecular formula is C20H18N2O3S. The zero-order chi connectivity index (χ0) is 18.6. The molecule has 0 heterocycles. The third kappa shape index (κ3) is 3.60. The first-order valence-corrected chi connectivity index (χ1v) is 9.44. The highest BCUT2D eigenvalue weighted by atomic mass is 32.2. The van der Waals surface area contributed by atoms with E-state index in [1.165, 1.54) is 4.31 Å². The van der Waals surface area contributed by atoms with Crippen molar-refractivity contribution in [1.29, 1.82) is 0 Å². The van der Waals surface area contributed by atoms with Gasteiger partial charge in [-0.05, 0) is 35.9 Å². The summed E-state index contributed by atoms with van der Waals surface area (Å²) in [5.74, 6) is -0.592. The van der Waals surface area contributed by atoms with Crippen molar-refractivity contribution in [2.45, 2.75) is 11.4 Å². The van der Waals surface area contributed by atoms with E-state index in [4.69, 9.17) is 5.73 Å². The third-order valence-electron chi connectivity index (χ3n) is 3.97. The molecule has 0 aliphatic heterocycles. The fourth-order valence-electron chi connectivity index (χ4n) is 2.68. The van der Waals surface area contributed by atoms with Crippen molar-refractivity contribution in [1.82, 2.24) is 0 Å². The van der Waals surface area contributed by atoms with E-state index in [2.05, 4.69) is 0 Å². The van der Waals surface area contributed by atoms with Gasteiger partial charge in [-0.3, -0.25) is 9.10 Å². The van der Waals surface area contributed by atoms with E-state index in [0.29, 0.717) is 16.8 Å². The number of hydrogen-bond acceptors (Lipinski definition) is 3. The quantitative estimate of drug-likeness (QED) is 0.727. The molecule has 0 bridgehead atoms. The highest BCUT2D eigenvalue weighted by molar-refractivity contribution is 7.92. The van der Waals surface area contributed by atoms with Crippen molar-refractivity contribution < 1.29 is 13.2 Å². The number of anilines is 1. The Hall–Kier alpha value is -3.12. The second kappa shape index (κ2) is 7.41. The van der Waals surface area contributed by atoms with Crippen molar-refractivity contribution >= 4 is 21.6 Å². The van der Waals surface area contributed by atoms with Crippen LogP contribution in [0.4, 0.5) is 5.69 Å². The van der Waals surface area contributed by atoms with Gasteiger partial charge >= 0.3 is 0 Å². The summed E-state index contributed by atoms with van der Waals surface area (Å²) in [6, 6.07) is 23.7. The van der Waals surface area contributed by atoms with Gasteiger partial charge in [-0.2, -0.15) is 0 Å². The molecule has 0 saturated carbocycles. The Bertz CT molecular complexity index is 1000. The number of amides is 1. The Kier molecular flexibility index (Phi) is 5.04. The van der Waals surface area contributed by atoms with Crippen molar-refractivity contribution in [3.63, 3.8) is 0 Å². The Balaban J connectivity index is 2.11. The molecule has 0 unspecified atom stereocenters. The third-order valence-corrected chi connectivity index (χ3v) is 5.76. The molecule has 6 heteroatoms. The second-order valence-electron chi connectivity index (χ2n) is 5.68. The number of carbonyl (C=O) groups is 1. The summed E-state index contributed by atoms with van der Waals surface area (Å²) < 4.78 is 27.7. The van der Waals surface area contributed by atoms with Crippen LogP contribution in [0.5, 0.6) is 0 Å². The number of rotatable bonds is 6. The smallest absolute Gasteiger partial charge is 0.264 e. The van der Waals surface area contributed by atoms with Crippen molar-refractivity contribution in [2.75, 3.05) is 4.31 Å². The Morgan fingerprint density at radius 2 is 1.35 bits per heavy atom. The van der Waals surface area contributed by atoms with Crippen LogP contribution in [-0.2, 0) is 16.6 Å². The monoisotopic (exact) mass is 366 g/mol. The van der Waals surface area contributed by atoms with E-state index in [9.17, 15) is 13.2 Å². The van der Waals surface area contributed by atoms with Crippen LogP contribution in [0.25, 0.3) is 0 Å². The summed E-state index contributed by atoms with van der Waals surface area (Å²) in [6.45, 7) is 0.000351. The Morgan fingerprint density at radius 3 is 1.96 bits per heavy atom. The summed E-state index contributed by atoms with van der Waals surface area (Å²) in [7, 11) is -3.81. The number of primary amides is 1. The molecule has 0 spiro atoms. The summed E-state index contributed by atoms with van der Waals surface area (Å²) in [5, 5.41) is 0. The van der Waals surface area contributed by atoms with Gasteiger partial charge in [0.15, 0.2) is 0 Å². The molecule has 0 fully saturated rings. The Morgan fingerprint density at radius 1 is 0.808 bits per heavy atom. The molecule has 1 amide bonds. The fraction of sp³-hybridized carbons (Fsp3) is 0.0500. The predicted molar refractivity (Wildman–Crippen MR) is 101 cm³/mol. The molecule has 0 aromatic heterocycles. The lowest BCUT2D eigenvalue weighted by atomic mass is 10.1. The highest BCUT2D eigenvalue weighted by Crippen LogP contribution is 2.26. The van der Waals surface area contributed by atoms with Gasteiger partial charge in [-0.15, -0.1) is 0 Å². The van der Waals surface area contributed by atoms with Gasteiger partial charge in [-0.1, -0.05) is 54.6 Å². The molecule has 132 valence electrons. The minimum atomic E-state index is -3.81. The number of nitrogens with zero attached hydrogens (tertiary/aromatic N) is 1. The molecule has 0 atom stereocenters. The minimum absolute atomic E-state index is 0.000351. The molecule has 3 aromatic rings. The first-order valence-electron chi connectivity index (χ1n) is 8.00. The largest absolute Gasteiger partial charge is 0.366 e. The van der Waals surface area contributed by atoms with Crippen LogP contribution in [-0.4, -0.2) is 14.3 Å². The number of carbonyl (C=O) groups excluding carboxylic acids is 1. The van der Waals surface area contributed by atoms with Crippen LogP contribution in [0.2, 0.25) is 0 Å². The van der Waals surface area contributed by atoms with E-state index in [1.54, 1.807) is 78.9 Å². The Labute approximate surface area is 152 Å². The SMILES string of the molecule is NC(=O)c1ccccc1CN(c1ccccc1)S(=O)(=O)c1ccccc1. The number of nitrogens with two attached hydrogens (primary N) is 1. The van der Waals surface area contributed by atoms with Crippen LogP contribution in [0, 0.1) is 0 Å². The molecule has 0 aliphatic rings. The zero-order valence-electron chi connectivity index (χ0n) is 13.9. The zero-order valence-corrected chi connectivity index (χ0v) is 14.8. The molecule has 3 aromatic carbocycles. The summed E-state index contributed by atoms with van der Waals surface area (Å²) in [4.78, 5) is 11.9. The lowest BCUT2D eigenvalue weighted by Gasteiger charge is -2.25. The van der Waals surface area contributed by atoms with Crippen molar-refractivity contribution in [2.24, 2.45) is 5.73 Å². The van der Waals surface area contributed by atoms with E-state index < -0.39 is 15.9 Å². The summed E-state index contributed by atoms with van der Waals surface area (Å²) in [5.41, 5.74) is 6.80. The fourth-order valence-corrected chi connectivity index (χ4v) is 4.15. The summed E-state index contributed by atoms with van der Waals surface area (Å²) in [6.07, 6.45) is 0. The molecule has 0 saturated heterocycles. The number of benzene rings is 3. The standard InChI is InChI=1S/C20H18N2O3S/c21-20(23)19-14-8-7-9-16(19)15-22(17-10-3-1-4-11-17)26(24,25)18-12-5-2-6-13-18/h1-14H,15H2,(H2,21,23). The van der Waals surface area contributed by atoms with Gasteiger partial charge in [-0.25, -0.2) is 8.42 Å². The average molecular weight is 366 g/mol. The lowest BCUT2D eigenvalue weighted by Crippen LogP contribution is -2.31. The first kappa shape index (κ1) is 17.7. The van der Waals surface area contributed by atoms with E-state index in [1.807, 2.05) is 6.07 Å². The van der Waals surface area contributed by atoms with Gasteiger partial charge in [0.2, 0.25) is 5.91 Å². The van der Waals surface area contributed by atoms with Crippen molar-refractivity contribution in [3.8, 4) is 0 Å². The first-order chi connectivity index (χ1) is 12.5. The second-order valence-corrected chi connectivity index (χ2v) is 7.54. The number of sulfonamides is 1. The molecule has 3 rings (SSSR count). The van der Waals surface area contributed by atoms with Crippen LogP contribution >= 0.6 is 0 Å². The molecule has 5 nitrogen and oxygen atoms in total. The van der Waals surface area contributed by atoms with Gasteiger partial charge in [0.05, 0.1) is 17.1 Å². The van der Waals surface area contributed by atoms with Gasteiger partial charge in [0.1, 0.15) is 0 Å². The van der Waals surface area contributed by atoms with Crippen LogP contribution in [0.3, 0.4) is 0 Å². The van der Waals surface area contributed by atoms with E-state index in [-0.39, 0.29) is 11.4 Å². The lowest BCUT2D eigenvalue weighted by molar-refractivity contribution is 0.0999. The van der Waals surface area contributed by atoms with Gasteiger partial charge in [0.25, 0.3) is 10.0 Å². The number of para-hydroxylation sites is 1. The number of hydrogen-bond donors (Lipinski definition) is 1. The molecule has 2 N–H and O–H groups in total. The van der Waals surface area contributed by atoms with Gasteiger partial charge in [0, 0.05) is 5.56 Å². The normalized spacial score (nSPS) is 11.1. The molecule has 0 radical (unpaired) electrons. The predicted octanol–water partition coefficient (Wildman–Crippen LogP) is 3.18. The topological polar surface area (TPSA) is 80.5 Å². The van der Waals surface area contributed by atoms with Crippen LogP contribution < -0.4 is 10.0 Å². The highest BCUT2D eigenvalue weighted by Gasteiger charge is 2.26. The minimum Gasteiger partial charge on any atom is -0.366 e. The van der Waals surface area contributed by atoms with Crippen molar-refractivity contribution in [3.05, 3.63) is 96.1 Å². The molecule has 26 heavy (non-hydrogen) atoms. The van der Waals surface area contributed by atoms with Crippen LogP contribution in [0.15, 0.2) is 89.8 Å². The van der Waals surface area contributed by atoms with Crippen LogP contribution in [0.1, 0.15) is 15.9 Å². The molecular weight excluding hydrogens is 348 g/mol. The van der Waals surface area contributed by atoms with Gasteiger partial charge < -0.3 is 5.73 Å². The molecule has 0 aliphatic carbocycles. The van der Waals surface area contributed by atoms with E-state index in [0.717, 1.165) is 0 Å².